The standard InChI is InChI=1S/C19H23N5O3/c1-5-24-18(20-11-21-24)14(4)22-19(25)16-9-15(27-23-16)10-26-17-8-12(2)6-7-13(17)3/h6-9,11,14H,5,10H2,1-4H3,(H,22,25)/t14-/m1/s1. The number of aromatic nitrogens is 4. The van der Waals surface area contributed by atoms with E-state index in [1.54, 1.807) is 10.7 Å². The molecule has 1 atom stereocenters. The van der Waals surface area contributed by atoms with E-state index in [1.165, 1.54) is 6.33 Å². The van der Waals surface area contributed by atoms with Crippen LogP contribution in [0.15, 0.2) is 35.1 Å². The lowest BCUT2D eigenvalue weighted by molar-refractivity contribution is 0.0928. The molecule has 0 saturated heterocycles. The summed E-state index contributed by atoms with van der Waals surface area (Å²) in [7, 11) is 0. The maximum atomic E-state index is 12.4. The second-order valence-corrected chi connectivity index (χ2v) is 6.37. The van der Waals surface area contributed by atoms with Crippen molar-refractivity contribution in [3.63, 3.8) is 0 Å². The van der Waals surface area contributed by atoms with Crippen LogP contribution in [-0.2, 0) is 13.2 Å². The van der Waals surface area contributed by atoms with Crippen LogP contribution in [0.2, 0.25) is 0 Å². The third-order valence-corrected chi connectivity index (χ3v) is 4.19. The number of hydrogen-bond donors (Lipinski definition) is 1. The number of carbonyl (C=O) groups excluding carboxylic acids is 1. The van der Waals surface area contributed by atoms with E-state index in [1.807, 2.05) is 45.9 Å². The van der Waals surface area contributed by atoms with Gasteiger partial charge in [0.2, 0.25) is 0 Å². The molecule has 2 heterocycles. The lowest BCUT2D eigenvalue weighted by Crippen LogP contribution is -2.29. The molecule has 0 fully saturated rings. The van der Waals surface area contributed by atoms with Crippen LogP contribution in [-0.4, -0.2) is 25.8 Å². The highest BCUT2D eigenvalue weighted by Crippen LogP contribution is 2.20. The molecule has 27 heavy (non-hydrogen) atoms. The van der Waals surface area contributed by atoms with Gasteiger partial charge in [0, 0.05) is 12.6 Å². The van der Waals surface area contributed by atoms with E-state index >= 15 is 0 Å². The smallest absolute Gasteiger partial charge is 0.274 e. The molecule has 8 heteroatoms. The number of benzene rings is 1. The summed E-state index contributed by atoms with van der Waals surface area (Å²) in [5, 5.41) is 10.8. The van der Waals surface area contributed by atoms with Crippen molar-refractivity contribution in [2.24, 2.45) is 0 Å². The first-order chi connectivity index (χ1) is 13.0. The second-order valence-electron chi connectivity index (χ2n) is 6.37. The molecule has 0 unspecified atom stereocenters. The molecule has 3 aromatic rings. The third-order valence-electron chi connectivity index (χ3n) is 4.19. The Morgan fingerprint density at radius 3 is 2.93 bits per heavy atom. The average Bonchev–Trinajstić information content (AvgIpc) is 3.31. The number of carbonyl (C=O) groups is 1. The molecule has 2 aromatic heterocycles. The Morgan fingerprint density at radius 2 is 2.15 bits per heavy atom. The van der Waals surface area contributed by atoms with Crippen LogP contribution in [0.3, 0.4) is 0 Å². The molecule has 1 N–H and O–H groups in total. The van der Waals surface area contributed by atoms with E-state index in [0.29, 0.717) is 18.1 Å². The van der Waals surface area contributed by atoms with Gasteiger partial charge in [-0.3, -0.25) is 4.79 Å². The van der Waals surface area contributed by atoms with Crippen LogP contribution >= 0.6 is 0 Å². The van der Waals surface area contributed by atoms with Crippen molar-refractivity contribution in [1.82, 2.24) is 25.2 Å². The van der Waals surface area contributed by atoms with Crippen LogP contribution in [0.5, 0.6) is 5.75 Å². The van der Waals surface area contributed by atoms with Crippen LogP contribution in [0, 0.1) is 13.8 Å². The minimum absolute atomic E-state index is 0.198. The molecule has 0 aliphatic heterocycles. The van der Waals surface area contributed by atoms with Gasteiger partial charge in [-0.1, -0.05) is 17.3 Å². The zero-order valence-electron chi connectivity index (χ0n) is 15.9. The lowest BCUT2D eigenvalue weighted by atomic mass is 10.1. The number of ether oxygens (including phenoxy) is 1. The molecule has 0 spiro atoms. The van der Waals surface area contributed by atoms with Crippen molar-refractivity contribution in [2.75, 3.05) is 0 Å². The first-order valence-electron chi connectivity index (χ1n) is 8.82. The monoisotopic (exact) mass is 369 g/mol. The highest BCUT2D eigenvalue weighted by Gasteiger charge is 2.19. The average molecular weight is 369 g/mol. The van der Waals surface area contributed by atoms with Gasteiger partial charge in [-0.15, -0.1) is 0 Å². The maximum Gasteiger partial charge on any atom is 0.274 e. The number of nitrogens with zero attached hydrogens (tertiary/aromatic N) is 4. The molecule has 0 aliphatic rings. The fourth-order valence-electron chi connectivity index (χ4n) is 2.69. The summed E-state index contributed by atoms with van der Waals surface area (Å²) in [6.45, 7) is 8.67. The Morgan fingerprint density at radius 1 is 1.33 bits per heavy atom. The van der Waals surface area contributed by atoms with Crippen molar-refractivity contribution in [3.8, 4) is 5.75 Å². The maximum absolute atomic E-state index is 12.4. The summed E-state index contributed by atoms with van der Waals surface area (Å²) in [6, 6.07) is 7.27. The number of amides is 1. The van der Waals surface area contributed by atoms with E-state index in [4.69, 9.17) is 9.26 Å². The van der Waals surface area contributed by atoms with Crippen LogP contribution in [0.25, 0.3) is 0 Å². The Bertz CT molecular complexity index is 931. The lowest BCUT2D eigenvalue weighted by Gasteiger charge is -2.12. The minimum Gasteiger partial charge on any atom is -0.485 e. The van der Waals surface area contributed by atoms with Crippen LogP contribution in [0.4, 0.5) is 0 Å². The van der Waals surface area contributed by atoms with Gasteiger partial charge in [0.05, 0.1) is 6.04 Å². The normalized spacial score (nSPS) is 12.0. The fraction of sp³-hybridized carbons (Fsp3) is 0.368. The summed E-state index contributed by atoms with van der Waals surface area (Å²) in [5.74, 6) is 1.61. The van der Waals surface area contributed by atoms with Crippen molar-refractivity contribution < 1.29 is 14.1 Å². The first kappa shape index (κ1) is 18.6. The molecule has 0 bridgehead atoms. The number of nitrogens with one attached hydrogen (secondary N) is 1. The fourth-order valence-corrected chi connectivity index (χ4v) is 2.69. The number of rotatable bonds is 7. The Balaban J connectivity index is 1.61. The zero-order chi connectivity index (χ0) is 19.4. The van der Waals surface area contributed by atoms with Gasteiger partial charge in [-0.25, -0.2) is 9.67 Å². The highest BCUT2D eigenvalue weighted by atomic mass is 16.5. The largest absolute Gasteiger partial charge is 0.485 e. The Hall–Kier alpha value is -3.16. The molecule has 8 nitrogen and oxygen atoms in total. The van der Waals surface area contributed by atoms with Crippen molar-refractivity contribution in [2.45, 2.75) is 46.9 Å². The summed E-state index contributed by atoms with van der Waals surface area (Å²) in [6.07, 6.45) is 1.47. The van der Waals surface area contributed by atoms with E-state index in [-0.39, 0.29) is 24.2 Å². The molecular formula is C19H23N5O3. The zero-order valence-corrected chi connectivity index (χ0v) is 15.9. The molecule has 0 radical (unpaired) electrons. The Kier molecular flexibility index (Phi) is 5.54. The summed E-state index contributed by atoms with van der Waals surface area (Å²) in [4.78, 5) is 16.6. The predicted molar refractivity (Wildman–Crippen MR) is 98.3 cm³/mol. The minimum atomic E-state index is -0.338. The van der Waals surface area contributed by atoms with Crippen LogP contribution in [0.1, 0.15) is 53.1 Å². The highest BCUT2D eigenvalue weighted by molar-refractivity contribution is 5.92. The predicted octanol–water partition coefficient (Wildman–Crippen LogP) is 2.97. The van der Waals surface area contributed by atoms with Gasteiger partial charge in [0.1, 0.15) is 24.5 Å². The van der Waals surface area contributed by atoms with E-state index < -0.39 is 0 Å². The molecule has 0 saturated carbocycles. The van der Waals surface area contributed by atoms with Gasteiger partial charge >= 0.3 is 0 Å². The Labute approximate surface area is 157 Å². The van der Waals surface area contributed by atoms with E-state index in [0.717, 1.165) is 16.9 Å². The van der Waals surface area contributed by atoms with Crippen molar-refractivity contribution in [3.05, 3.63) is 59.0 Å². The summed E-state index contributed by atoms with van der Waals surface area (Å²) in [5.41, 5.74) is 2.35. The molecule has 1 amide bonds. The first-order valence-corrected chi connectivity index (χ1v) is 8.82. The quantitative estimate of drug-likeness (QED) is 0.688. The van der Waals surface area contributed by atoms with Gasteiger partial charge < -0.3 is 14.6 Å². The van der Waals surface area contributed by atoms with Gasteiger partial charge in [-0.2, -0.15) is 5.10 Å². The van der Waals surface area contributed by atoms with Crippen LogP contribution < -0.4 is 10.1 Å². The van der Waals surface area contributed by atoms with Crippen molar-refractivity contribution in [1.29, 1.82) is 0 Å². The second kappa shape index (κ2) is 8.03. The third kappa shape index (κ3) is 4.33. The summed E-state index contributed by atoms with van der Waals surface area (Å²) < 4.78 is 12.7. The van der Waals surface area contributed by atoms with E-state index in [9.17, 15) is 4.79 Å². The van der Waals surface area contributed by atoms with Gasteiger partial charge in [0.25, 0.3) is 5.91 Å². The van der Waals surface area contributed by atoms with Crippen molar-refractivity contribution >= 4 is 5.91 Å². The van der Waals surface area contributed by atoms with Gasteiger partial charge in [0.15, 0.2) is 11.5 Å². The topological polar surface area (TPSA) is 95.1 Å². The molecule has 3 rings (SSSR count). The molecule has 0 aliphatic carbocycles. The molecular weight excluding hydrogens is 346 g/mol. The summed E-state index contributed by atoms with van der Waals surface area (Å²) >= 11 is 0. The molecule has 142 valence electrons. The number of hydrogen-bond acceptors (Lipinski definition) is 6. The van der Waals surface area contributed by atoms with Gasteiger partial charge in [-0.05, 0) is 44.9 Å². The molecule has 1 aromatic carbocycles. The SMILES string of the molecule is CCn1ncnc1[C@@H](C)NC(=O)c1cc(COc2cc(C)ccc2C)on1. The van der Waals surface area contributed by atoms with E-state index in [2.05, 4.69) is 20.6 Å². The number of aryl methyl sites for hydroxylation is 3.